The van der Waals surface area contributed by atoms with Crippen LogP contribution < -0.4 is 0 Å². The summed E-state index contributed by atoms with van der Waals surface area (Å²) in [6.07, 6.45) is 0. The Morgan fingerprint density at radius 3 is 2.39 bits per heavy atom. The molecule has 0 radical (unpaired) electrons. The zero-order chi connectivity index (χ0) is 25.5. The Balaban J connectivity index is 0.00000253. The van der Waals surface area contributed by atoms with Crippen molar-refractivity contribution < 1.29 is 9.53 Å². The van der Waals surface area contributed by atoms with Gasteiger partial charge in [-0.3, -0.25) is 4.79 Å². The molecule has 2 aromatic carbocycles. The summed E-state index contributed by atoms with van der Waals surface area (Å²) >= 11 is 1.36. The lowest BCUT2D eigenvalue weighted by atomic mass is 9.96. The number of halogens is 2. The molecule has 1 atom stereocenters. The number of carbonyl (C=O) groups is 1. The van der Waals surface area contributed by atoms with Crippen molar-refractivity contribution in [2.45, 2.75) is 12.8 Å². The summed E-state index contributed by atoms with van der Waals surface area (Å²) in [6.45, 7) is 6.81. The number of carbonyl (C=O) groups excluding carboxylic acids is 1. The second kappa shape index (κ2) is 15.1. The monoisotopic (exact) mass is 578 g/mol. The van der Waals surface area contributed by atoms with Gasteiger partial charge in [-0.2, -0.15) is 9.37 Å². The fourth-order valence-corrected chi connectivity index (χ4v) is 4.67. The minimum atomic E-state index is -0.00622. The van der Waals surface area contributed by atoms with E-state index >= 15 is 0 Å². The lowest BCUT2D eigenvalue weighted by Gasteiger charge is -2.34. The second-order valence-electron chi connectivity index (χ2n) is 9.21. The normalized spacial score (nSPS) is 14.4. The minimum Gasteiger partial charge on any atom is -0.378 e. The summed E-state index contributed by atoms with van der Waals surface area (Å²) in [5.41, 5.74) is 2.38. The molecule has 3 aromatic rings. The van der Waals surface area contributed by atoms with Gasteiger partial charge in [0, 0.05) is 50.3 Å². The van der Waals surface area contributed by atoms with Crippen molar-refractivity contribution in [2.75, 3.05) is 60.5 Å². The Bertz CT molecular complexity index is 1190. The number of morpholine rings is 1. The first-order valence-electron chi connectivity index (χ1n) is 12.2. The van der Waals surface area contributed by atoms with E-state index in [1.165, 1.54) is 11.5 Å². The second-order valence-corrected chi connectivity index (χ2v) is 9.99. The highest BCUT2D eigenvalue weighted by atomic mass is 35.5. The van der Waals surface area contributed by atoms with Gasteiger partial charge in [-0.1, -0.05) is 55.5 Å². The number of guanidine groups is 1. The number of rotatable bonds is 8. The Morgan fingerprint density at radius 2 is 1.71 bits per heavy atom. The molecule has 1 saturated heterocycles. The third kappa shape index (κ3) is 8.22. The van der Waals surface area contributed by atoms with Gasteiger partial charge >= 0.3 is 0 Å². The standard InChI is InChI=1S/C27H34N6O2S.2ClH/c1-20(22-11-8-12-23(19-22)24(34)21-9-6-5-7-10-21)25-28-26(30-36-25)29-27(32(4)14-13-31(2)3)33-15-17-35-18-16-33;;/h5-12,19-20H,13-18H2,1-4H3;2*1H. The Morgan fingerprint density at radius 1 is 1.03 bits per heavy atom. The van der Waals surface area contributed by atoms with Crippen molar-refractivity contribution in [1.29, 1.82) is 0 Å². The smallest absolute Gasteiger partial charge is 0.264 e. The van der Waals surface area contributed by atoms with Crippen LogP contribution >= 0.6 is 36.3 Å². The van der Waals surface area contributed by atoms with E-state index in [1.54, 1.807) is 0 Å². The zero-order valence-electron chi connectivity index (χ0n) is 22.2. The molecule has 0 spiro atoms. The van der Waals surface area contributed by atoms with Gasteiger partial charge in [0.2, 0.25) is 5.96 Å². The van der Waals surface area contributed by atoms with E-state index in [9.17, 15) is 4.79 Å². The molecule has 11 heteroatoms. The average molecular weight is 580 g/mol. The number of likely N-dealkylation sites (N-methyl/N-ethyl adjacent to an activating group) is 2. The first-order chi connectivity index (χ1) is 17.4. The number of hydrogen-bond acceptors (Lipinski definition) is 7. The van der Waals surface area contributed by atoms with Crippen LogP contribution in [-0.2, 0) is 4.74 Å². The molecule has 0 saturated carbocycles. The van der Waals surface area contributed by atoms with Gasteiger partial charge in [-0.25, -0.2) is 4.98 Å². The van der Waals surface area contributed by atoms with E-state index in [-0.39, 0.29) is 36.5 Å². The highest BCUT2D eigenvalue weighted by Gasteiger charge is 2.21. The first kappa shape index (κ1) is 31.7. The summed E-state index contributed by atoms with van der Waals surface area (Å²) in [5, 5.41) is 0.871. The third-order valence-electron chi connectivity index (χ3n) is 6.20. The van der Waals surface area contributed by atoms with Crippen LogP contribution in [0.2, 0.25) is 0 Å². The molecule has 2 heterocycles. The third-order valence-corrected chi connectivity index (χ3v) is 7.09. The molecule has 0 aliphatic carbocycles. The molecule has 1 unspecified atom stereocenters. The molecule has 1 aliphatic rings. The lowest BCUT2D eigenvalue weighted by Crippen LogP contribution is -2.49. The predicted octanol–water partition coefficient (Wildman–Crippen LogP) is 4.58. The Kier molecular flexibility index (Phi) is 12.6. The average Bonchev–Trinajstić information content (AvgIpc) is 3.39. The lowest BCUT2D eigenvalue weighted by molar-refractivity contribution is 0.0629. The summed E-state index contributed by atoms with van der Waals surface area (Å²) < 4.78 is 10.1. The van der Waals surface area contributed by atoms with Crippen molar-refractivity contribution in [2.24, 2.45) is 4.99 Å². The van der Waals surface area contributed by atoms with Crippen LogP contribution in [0.15, 0.2) is 59.6 Å². The highest BCUT2D eigenvalue weighted by molar-refractivity contribution is 7.05. The van der Waals surface area contributed by atoms with Crippen molar-refractivity contribution >= 4 is 54.0 Å². The molecule has 206 valence electrons. The summed E-state index contributed by atoms with van der Waals surface area (Å²) in [5.74, 6) is 1.35. The van der Waals surface area contributed by atoms with Gasteiger partial charge in [0.25, 0.3) is 5.95 Å². The number of ketones is 1. The van der Waals surface area contributed by atoms with E-state index in [0.717, 1.165) is 42.7 Å². The van der Waals surface area contributed by atoms with Gasteiger partial charge < -0.3 is 19.4 Å². The molecule has 1 fully saturated rings. The highest BCUT2D eigenvalue weighted by Crippen LogP contribution is 2.28. The summed E-state index contributed by atoms with van der Waals surface area (Å²) in [6, 6.07) is 17.1. The van der Waals surface area contributed by atoms with Gasteiger partial charge in [-0.15, -0.1) is 24.8 Å². The molecule has 38 heavy (non-hydrogen) atoms. The maximum Gasteiger partial charge on any atom is 0.264 e. The SMILES string of the molecule is CC(c1cccc(C(=O)c2ccccc2)c1)c1nc(N=C(N(C)CCN(C)C)N2CCOCC2)ns1.Cl.Cl. The van der Waals surface area contributed by atoms with Crippen LogP contribution in [0.3, 0.4) is 0 Å². The molecule has 1 aromatic heterocycles. The van der Waals surface area contributed by atoms with Crippen LogP contribution in [0.1, 0.15) is 39.3 Å². The van der Waals surface area contributed by atoms with Crippen LogP contribution in [0.4, 0.5) is 5.95 Å². The van der Waals surface area contributed by atoms with E-state index in [4.69, 9.17) is 14.7 Å². The summed E-state index contributed by atoms with van der Waals surface area (Å²) in [4.78, 5) is 29.1. The van der Waals surface area contributed by atoms with E-state index in [2.05, 4.69) is 47.1 Å². The number of nitrogens with zero attached hydrogens (tertiary/aromatic N) is 6. The van der Waals surface area contributed by atoms with Gasteiger partial charge in [0.05, 0.1) is 13.2 Å². The molecule has 4 rings (SSSR count). The van der Waals surface area contributed by atoms with Crippen molar-refractivity contribution in [3.8, 4) is 0 Å². The molecular formula is C27H36Cl2N6O2S. The number of aliphatic imine (C=N–C) groups is 1. The number of benzene rings is 2. The van der Waals surface area contributed by atoms with Crippen molar-refractivity contribution in [1.82, 2.24) is 24.1 Å². The van der Waals surface area contributed by atoms with Gasteiger partial charge in [-0.05, 0) is 37.3 Å². The van der Waals surface area contributed by atoms with E-state index in [0.29, 0.717) is 30.3 Å². The van der Waals surface area contributed by atoms with Crippen LogP contribution in [0.25, 0.3) is 0 Å². The Labute approximate surface area is 241 Å². The Hall–Kier alpha value is -2.56. The van der Waals surface area contributed by atoms with E-state index in [1.807, 2.05) is 54.6 Å². The van der Waals surface area contributed by atoms with Gasteiger partial charge in [0.15, 0.2) is 5.78 Å². The van der Waals surface area contributed by atoms with Gasteiger partial charge in [0.1, 0.15) is 5.01 Å². The fourth-order valence-electron chi connectivity index (χ4n) is 4.00. The predicted molar refractivity (Wildman–Crippen MR) is 159 cm³/mol. The molecule has 1 aliphatic heterocycles. The van der Waals surface area contributed by atoms with Crippen LogP contribution in [0, 0.1) is 0 Å². The van der Waals surface area contributed by atoms with Crippen molar-refractivity contribution in [3.63, 3.8) is 0 Å². The zero-order valence-corrected chi connectivity index (χ0v) is 24.7. The fraction of sp³-hybridized carbons (Fsp3) is 0.407. The maximum absolute atomic E-state index is 12.9. The molecular weight excluding hydrogens is 543 g/mol. The topological polar surface area (TPSA) is 74.2 Å². The largest absolute Gasteiger partial charge is 0.378 e. The molecule has 0 amide bonds. The molecule has 0 N–H and O–H groups in total. The molecule has 0 bridgehead atoms. The quantitative estimate of drug-likeness (QED) is 0.220. The van der Waals surface area contributed by atoms with Crippen molar-refractivity contribution in [3.05, 3.63) is 76.3 Å². The first-order valence-corrected chi connectivity index (χ1v) is 13.0. The summed E-state index contributed by atoms with van der Waals surface area (Å²) in [7, 11) is 6.19. The minimum absolute atomic E-state index is 0. The number of hydrogen-bond donors (Lipinski definition) is 0. The maximum atomic E-state index is 12.9. The van der Waals surface area contributed by atoms with Crippen LogP contribution in [0.5, 0.6) is 0 Å². The van der Waals surface area contributed by atoms with E-state index < -0.39 is 0 Å². The number of ether oxygens (including phenoxy) is 1. The van der Waals surface area contributed by atoms with Crippen LogP contribution in [-0.4, -0.2) is 96.3 Å². The number of aromatic nitrogens is 2. The molecule has 8 nitrogen and oxygen atoms in total.